The standard InChI is InChI=1S/C11H13N3O7S/c1-22(19,20)14-5-4-13(11(14)18)10(17)12-8(9(15)16)7-3-2-6-21-7/h2-3,6,8H,4-5H2,1H3,(H,12,17)(H,15,16). The van der Waals surface area contributed by atoms with E-state index < -0.39 is 34.1 Å². The summed E-state index contributed by atoms with van der Waals surface area (Å²) in [7, 11) is -3.78. The average Bonchev–Trinajstić information content (AvgIpc) is 3.03. The summed E-state index contributed by atoms with van der Waals surface area (Å²) in [5.74, 6) is -1.40. The third kappa shape index (κ3) is 3.03. The van der Waals surface area contributed by atoms with Gasteiger partial charge in [-0.15, -0.1) is 0 Å². The van der Waals surface area contributed by atoms with Crippen LogP contribution in [0.1, 0.15) is 11.8 Å². The van der Waals surface area contributed by atoms with E-state index in [1.54, 1.807) is 0 Å². The minimum atomic E-state index is -3.78. The Morgan fingerprint density at radius 3 is 2.55 bits per heavy atom. The van der Waals surface area contributed by atoms with Crippen LogP contribution in [-0.2, 0) is 14.8 Å². The lowest BCUT2D eigenvalue weighted by Crippen LogP contribution is -2.46. The fourth-order valence-electron chi connectivity index (χ4n) is 1.92. The zero-order valence-electron chi connectivity index (χ0n) is 11.4. The third-order valence-corrected chi connectivity index (χ3v) is 4.10. The van der Waals surface area contributed by atoms with Gasteiger partial charge in [-0.05, 0) is 12.1 Å². The number of carboxylic acid groups (broad SMARTS) is 1. The molecule has 1 fully saturated rings. The maximum Gasteiger partial charge on any atom is 0.341 e. The minimum absolute atomic E-state index is 0.0209. The zero-order valence-corrected chi connectivity index (χ0v) is 12.2. The molecule has 0 saturated carbocycles. The van der Waals surface area contributed by atoms with Gasteiger partial charge < -0.3 is 14.8 Å². The van der Waals surface area contributed by atoms with Gasteiger partial charge in [-0.3, -0.25) is 0 Å². The number of amides is 4. The summed E-state index contributed by atoms with van der Waals surface area (Å²) in [5, 5.41) is 11.2. The first-order valence-electron chi connectivity index (χ1n) is 6.07. The Hall–Kier alpha value is -2.56. The van der Waals surface area contributed by atoms with Crippen LogP contribution in [0.5, 0.6) is 0 Å². The number of hydrogen-bond donors (Lipinski definition) is 2. The van der Waals surface area contributed by atoms with Crippen molar-refractivity contribution < 1.29 is 32.3 Å². The second-order valence-electron chi connectivity index (χ2n) is 4.51. The Labute approximate surface area is 125 Å². The largest absolute Gasteiger partial charge is 0.479 e. The quantitative estimate of drug-likeness (QED) is 0.780. The Morgan fingerprint density at radius 1 is 1.41 bits per heavy atom. The highest BCUT2D eigenvalue weighted by Crippen LogP contribution is 2.17. The Bertz CT molecular complexity index is 697. The minimum Gasteiger partial charge on any atom is -0.479 e. The number of nitrogens with one attached hydrogen (secondary N) is 1. The molecule has 1 aromatic rings. The van der Waals surface area contributed by atoms with E-state index >= 15 is 0 Å². The van der Waals surface area contributed by atoms with Crippen LogP contribution >= 0.6 is 0 Å². The van der Waals surface area contributed by atoms with Crippen LogP contribution in [0.4, 0.5) is 9.59 Å². The number of sulfonamides is 1. The van der Waals surface area contributed by atoms with Gasteiger partial charge >= 0.3 is 18.0 Å². The molecule has 1 unspecified atom stereocenters. The molecule has 1 saturated heterocycles. The van der Waals surface area contributed by atoms with Gasteiger partial charge in [0.05, 0.1) is 25.6 Å². The number of aliphatic carboxylic acids is 1. The number of imide groups is 1. The lowest BCUT2D eigenvalue weighted by Gasteiger charge is -2.18. The molecule has 22 heavy (non-hydrogen) atoms. The van der Waals surface area contributed by atoms with Gasteiger partial charge in [0, 0.05) is 0 Å². The maximum absolute atomic E-state index is 12.0. The molecule has 1 atom stereocenters. The van der Waals surface area contributed by atoms with Crippen LogP contribution in [0.3, 0.4) is 0 Å². The van der Waals surface area contributed by atoms with Crippen LogP contribution in [-0.4, -0.2) is 60.1 Å². The van der Waals surface area contributed by atoms with Gasteiger partial charge in [0.15, 0.2) is 6.04 Å². The number of hydrogen-bond acceptors (Lipinski definition) is 6. The Balaban J connectivity index is 2.12. The lowest BCUT2D eigenvalue weighted by atomic mass is 10.2. The van der Waals surface area contributed by atoms with Crippen molar-refractivity contribution in [3.63, 3.8) is 0 Å². The molecule has 4 amide bonds. The number of rotatable bonds is 4. The van der Waals surface area contributed by atoms with Gasteiger partial charge in [0.1, 0.15) is 5.76 Å². The monoisotopic (exact) mass is 331 g/mol. The van der Waals surface area contributed by atoms with Crippen LogP contribution < -0.4 is 5.32 Å². The fraction of sp³-hybridized carbons (Fsp3) is 0.364. The zero-order chi connectivity index (χ0) is 16.5. The molecule has 0 radical (unpaired) electrons. The Morgan fingerprint density at radius 2 is 2.09 bits per heavy atom. The van der Waals surface area contributed by atoms with Gasteiger partial charge in [-0.25, -0.2) is 32.0 Å². The van der Waals surface area contributed by atoms with E-state index in [1.165, 1.54) is 18.4 Å². The number of carboxylic acids is 1. The normalized spacial score (nSPS) is 16.7. The van der Waals surface area contributed by atoms with Gasteiger partial charge in [0.25, 0.3) is 0 Å². The van der Waals surface area contributed by atoms with Crippen molar-refractivity contribution in [1.29, 1.82) is 0 Å². The molecule has 2 N–H and O–H groups in total. The number of furan rings is 1. The summed E-state index contributed by atoms with van der Waals surface area (Å²) < 4.78 is 28.2. The SMILES string of the molecule is CS(=O)(=O)N1CCN(C(=O)NC(C(=O)O)c2ccco2)C1=O. The summed E-state index contributed by atoms with van der Waals surface area (Å²) in [4.78, 5) is 35.7. The van der Waals surface area contributed by atoms with Crippen LogP contribution in [0.2, 0.25) is 0 Å². The highest BCUT2D eigenvalue weighted by atomic mass is 32.2. The summed E-state index contributed by atoms with van der Waals surface area (Å²) >= 11 is 0. The molecular weight excluding hydrogens is 318 g/mol. The molecular formula is C11H13N3O7S. The first kappa shape index (κ1) is 15.8. The topological polar surface area (TPSA) is 137 Å². The van der Waals surface area contributed by atoms with Crippen molar-refractivity contribution in [2.45, 2.75) is 6.04 Å². The Kier molecular flexibility index (Phi) is 4.08. The van der Waals surface area contributed by atoms with Gasteiger partial charge in [0.2, 0.25) is 10.0 Å². The highest BCUT2D eigenvalue weighted by Gasteiger charge is 2.39. The van der Waals surface area contributed by atoms with Crippen LogP contribution in [0.15, 0.2) is 22.8 Å². The van der Waals surface area contributed by atoms with E-state index in [1.807, 2.05) is 0 Å². The van der Waals surface area contributed by atoms with Crippen LogP contribution in [0.25, 0.3) is 0 Å². The summed E-state index contributed by atoms with van der Waals surface area (Å²) in [6.45, 7) is -0.341. The molecule has 0 spiro atoms. The van der Waals surface area contributed by atoms with Crippen molar-refractivity contribution in [3.05, 3.63) is 24.2 Å². The molecule has 2 rings (SSSR count). The van der Waals surface area contributed by atoms with Crippen molar-refractivity contribution in [2.75, 3.05) is 19.3 Å². The molecule has 0 aromatic carbocycles. The summed E-state index contributed by atoms with van der Waals surface area (Å²) in [5.41, 5.74) is 0. The van der Waals surface area contributed by atoms with Crippen molar-refractivity contribution in [2.24, 2.45) is 0 Å². The molecule has 2 heterocycles. The number of urea groups is 2. The predicted octanol–water partition coefficient (Wildman–Crippen LogP) is -0.188. The fourth-order valence-corrected chi connectivity index (χ4v) is 2.72. The first-order chi connectivity index (χ1) is 10.2. The van der Waals surface area contributed by atoms with Crippen molar-refractivity contribution in [1.82, 2.24) is 14.5 Å². The lowest BCUT2D eigenvalue weighted by molar-refractivity contribution is -0.139. The molecule has 0 aliphatic carbocycles. The van der Waals surface area contributed by atoms with E-state index in [9.17, 15) is 22.8 Å². The van der Waals surface area contributed by atoms with Gasteiger partial charge in [-0.2, -0.15) is 0 Å². The molecule has 11 heteroatoms. The van der Waals surface area contributed by atoms with E-state index in [4.69, 9.17) is 9.52 Å². The molecule has 120 valence electrons. The molecule has 1 aliphatic rings. The van der Waals surface area contributed by atoms with Gasteiger partial charge in [-0.1, -0.05) is 0 Å². The van der Waals surface area contributed by atoms with Crippen LogP contribution in [0, 0.1) is 0 Å². The predicted molar refractivity (Wildman–Crippen MR) is 71.3 cm³/mol. The van der Waals surface area contributed by atoms with E-state index in [-0.39, 0.29) is 18.8 Å². The highest BCUT2D eigenvalue weighted by molar-refractivity contribution is 7.88. The second-order valence-corrected chi connectivity index (χ2v) is 6.41. The molecule has 1 aromatic heterocycles. The summed E-state index contributed by atoms with van der Waals surface area (Å²) in [6, 6.07) is -0.719. The molecule has 10 nitrogen and oxygen atoms in total. The van der Waals surface area contributed by atoms with Crippen molar-refractivity contribution >= 4 is 28.1 Å². The van der Waals surface area contributed by atoms with E-state index in [0.717, 1.165) is 6.26 Å². The number of nitrogens with zero attached hydrogens (tertiary/aromatic N) is 2. The van der Waals surface area contributed by atoms with E-state index in [0.29, 0.717) is 9.21 Å². The smallest absolute Gasteiger partial charge is 0.341 e. The summed E-state index contributed by atoms with van der Waals surface area (Å²) in [6.07, 6.45) is 2.08. The van der Waals surface area contributed by atoms with E-state index in [2.05, 4.69) is 5.32 Å². The molecule has 1 aliphatic heterocycles. The average molecular weight is 331 g/mol. The maximum atomic E-state index is 12.0. The third-order valence-electron chi connectivity index (χ3n) is 2.96. The second kappa shape index (κ2) is 5.67. The van der Waals surface area contributed by atoms with Crippen molar-refractivity contribution in [3.8, 4) is 0 Å². The molecule has 0 bridgehead atoms. The number of carbonyl (C=O) groups excluding carboxylic acids is 2. The number of carbonyl (C=O) groups is 3. The first-order valence-corrected chi connectivity index (χ1v) is 7.92.